The number of pyridine rings is 1. The van der Waals surface area contributed by atoms with Crippen molar-refractivity contribution >= 4 is 11.0 Å². The van der Waals surface area contributed by atoms with Crippen LogP contribution in [-0.4, -0.2) is 4.98 Å². The van der Waals surface area contributed by atoms with Gasteiger partial charge in [-0.2, -0.15) is 0 Å². The molecule has 1 aromatic carbocycles. The normalized spacial score (nSPS) is 10.8. The summed E-state index contributed by atoms with van der Waals surface area (Å²) in [6.45, 7) is 0.718. The molecule has 0 fully saturated rings. The van der Waals surface area contributed by atoms with Crippen LogP contribution in [0.2, 0.25) is 0 Å². The summed E-state index contributed by atoms with van der Waals surface area (Å²) in [5.74, 6) is 0.859. The Morgan fingerprint density at radius 3 is 2.62 bits per heavy atom. The lowest BCUT2D eigenvalue weighted by atomic mass is 10.3. The number of aromatic nitrogens is 3. The predicted molar refractivity (Wildman–Crippen MR) is 60.8 cm³/mol. The molecule has 0 amide bonds. The first-order chi connectivity index (χ1) is 7.92. The van der Waals surface area contributed by atoms with Gasteiger partial charge in [0.1, 0.15) is 0 Å². The summed E-state index contributed by atoms with van der Waals surface area (Å²) >= 11 is 0. The van der Waals surface area contributed by atoms with Crippen LogP contribution in [0.5, 0.6) is 0 Å². The molecule has 0 saturated carbocycles. The Kier molecular flexibility index (Phi) is 2.14. The number of benzene rings is 1. The SMILES string of the molecule is c1cc[n+](Cc2nc3ccccc3[n-]2)cc1. The van der Waals surface area contributed by atoms with Crippen molar-refractivity contribution < 1.29 is 4.57 Å². The number of imidazole rings is 1. The van der Waals surface area contributed by atoms with Crippen molar-refractivity contribution in [1.82, 2.24) is 9.97 Å². The van der Waals surface area contributed by atoms with Crippen LogP contribution in [0, 0.1) is 0 Å². The van der Waals surface area contributed by atoms with Gasteiger partial charge in [0.25, 0.3) is 0 Å². The molecule has 0 spiro atoms. The van der Waals surface area contributed by atoms with Gasteiger partial charge in [0, 0.05) is 12.1 Å². The van der Waals surface area contributed by atoms with E-state index in [4.69, 9.17) is 0 Å². The fourth-order valence-electron chi connectivity index (χ4n) is 1.73. The number of rotatable bonds is 2. The van der Waals surface area contributed by atoms with Crippen molar-refractivity contribution in [2.24, 2.45) is 0 Å². The monoisotopic (exact) mass is 209 g/mol. The molecule has 0 unspecified atom stereocenters. The van der Waals surface area contributed by atoms with Crippen molar-refractivity contribution in [2.45, 2.75) is 6.54 Å². The highest BCUT2D eigenvalue weighted by atomic mass is 15.0. The van der Waals surface area contributed by atoms with Crippen LogP contribution in [0.4, 0.5) is 0 Å². The highest BCUT2D eigenvalue weighted by molar-refractivity contribution is 5.74. The number of hydrogen-bond donors (Lipinski definition) is 0. The van der Waals surface area contributed by atoms with Gasteiger partial charge in [-0.15, -0.1) is 0 Å². The van der Waals surface area contributed by atoms with Crippen LogP contribution in [0.3, 0.4) is 0 Å². The largest absolute Gasteiger partial charge is 0.434 e. The molecule has 3 nitrogen and oxygen atoms in total. The summed E-state index contributed by atoms with van der Waals surface area (Å²) in [5, 5.41) is 0. The Morgan fingerprint density at radius 1 is 1.00 bits per heavy atom. The molecule has 0 N–H and O–H groups in total. The van der Waals surface area contributed by atoms with Crippen LogP contribution in [0.15, 0.2) is 54.9 Å². The third kappa shape index (κ3) is 1.67. The van der Waals surface area contributed by atoms with E-state index < -0.39 is 0 Å². The van der Waals surface area contributed by atoms with Crippen LogP contribution in [0.1, 0.15) is 5.82 Å². The van der Waals surface area contributed by atoms with Gasteiger partial charge < -0.3 is 9.97 Å². The van der Waals surface area contributed by atoms with Crippen molar-refractivity contribution in [2.75, 3.05) is 0 Å². The van der Waals surface area contributed by atoms with Gasteiger partial charge >= 0.3 is 0 Å². The molecule has 16 heavy (non-hydrogen) atoms. The Morgan fingerprint density at radius 2 is 1.81 bits per heavy atom. The number of hydrogen-bond acceptors (Lipinski definition) is 1. The van der Waals surface area contributed by atoms with E-state index in [2.05, 4.69) is 14.5 Å². The molecule has 0 bridgehead atoms. The highest BCUT2D eigenvalue weighted by Crippen LogP contribution is 2.08. The zero-order valence-electron chi connectivity index (χ0n) is 8.74. The predicted octanol–water partition coefficient (Wildman–Crippen LogP) is 1.53. The minimum atomic E-state index is 0.718. The van der Waals surface area contributed by atoms with Gasteiger partial charge in [-0.1, -0.05) is 30.3 Å². The molecule has 0 aliphatic carbocycles. The third-order valence-corrected chi connectivity index (χ3v) is 2.48. The Balaban J connectivity index is 1.95. The number of para-hydroxylation sites is 2. The average Bonchev–Trinajstić information content (AvgIpc) is 2.72. The van der Waals surface area contributed by atoms with E-state index in [1.165, 1.54) is 0 Å². The molecule has 3 heteroatoms. The van der Waals surface area contributed by atoms with E-state index in [0.29, 0.717) is 0 Å². The maximum Gasteiger partial charge on any atom is 0.169 e. The van der Waals surface area contributed by atoms with Gasteiger partial charge in [0.2, 0.25) is 0 Å². The second-order valence-electron chi connectivity index (χ2n) is 3.68. The van der Waals surface area contributed by atoms with E-state index in [0.717, 1.165) is 23.4 Å². The summed E-state index contributed by atoms with van der Waals surface area (Å²) in [4.78, 5) is 8.95. The minimum Gasteiger partial charge on any atom is -0.434 e. The molecule has 2 aromatic heterocycles. The van der Waals surface area contributed by atoms with Crippen LogP contribution < -0.4 is 9.55 Å². The van der Waals surface area contributed by atoms with Gasteiger partial charge in [0.15, 0.2) is 18.9 Å². The third-order valence-electron chi connectivity index (χ3n) is 2.48. The summed E-state index contributed by atoms with van der Waals surface area (Å²) in [6, 6.07) is 13.9. The summed E-state index contributed by atoms with van der Waals surface area (Å²) in [6.07, 6.45) is 4.03. The quantitative estimate of drug-likeness (QED) is 0.599. The van der Waals surface area contributed by atoms with Gasteiger partial charge in [-0.25, -0.2) is 4.57 Å². The Bertz CT molecular complexity index is 566. The second-order valence-corrected chi connectivity index (χ2v) is 3.68. The molecule has 3 rings (SSSR count). The van der Waals surface area contributed by atoms with Gasteiger partial charge in [-0.05, 0) is 16.9 Å². The fraction of sp³-hybridized carbons (Fsp3) is 0.0769. The molecule has 0 aliphatic heterocycles. The van der Waals surface area contributed by atoms with Crippen molar-refractivity contribution in [3.05, 3.63) is 60.7 Å². The van der Waals surface area contributed by atoms with Gasteiger partial charge in [-0.3, -0.25) is 0 Å². The topological polar surface area (TPSA) is 30.9 Å². The lowest BCUT2D eigenvalue weighted by Gasteiger charge is -1.98. The zero-order chi connectivity index (χ0) is 10.8. The first-order valence-corrected chi connectivity index (χ1v) is 5.24. The minimum absolute atomic E-state index is 0.718. The van der Waals surface area contributed by atoms with Crippen LogP contribution >= 0.6 is 0 Å². The van der Waals surface area contributed by atoms with E-state index in [-0.39, 0.29) is 0 Å². The lowest BCUT2D eigenvalue weighted by Crippen LogP contribution is -2.33. The average molecular weight is 209 g/mol. The van der Waals surface area contributed by atoms with E-state index in [1.54, 1.807) is 0 Å². The van der Waals surface area contributed by atoms with Crippen molar-refractivity contribution in [3.63, 3.8) is 0 Å². The van der Waals surface area contributed by atoms with E-state index in [9.17, 15) is 0 Å². The molecule has 3 aromatic rings. The van der Waals surface area contributed by atoms with E-state index in [1.807, 2.05) is 54.9 Å². The zero-order valence-corrected chi connectivity index (χ0v) is 8.74. The van der Waals surface area contributed by atoms with Gasteiger partial charge in [0.05, 0.1) is 0 Å². The van der Waals surface area contributed by atoms with Crippen LogP contribution in [0.25, 0.3) is 11.0 Å². The molecular weight excluding hydrogens is 198 g/mol. The maximum atomic E-state index is 4.48. The van der Waals surface area contributed by atoms with Crippen molar-refractivity contribution in [1.29, 1.82) is 0 Å². The molecule has 0 radical (unpaired) electrons. The highest BCUT2D eigenvalue weighted by Gasteiger charge is 1.98. The first-order valence-electron chi connectivity index (χ1n) is 5.24. The standard InChI is InChI=1S/C13H11N3/c1-4-8-16(9-5-1)10-13-14-11-6-2-3-7-12(11)15-13/h1-9H,10H2. The number of fused-ring (bicyclic) bond motifs is 1. The molecule has 0 saturated heterocycles. The molecule has 2 heterocycles. The first kappa shape index (κ1) is 9.09. The summed E-state index contributed by atoms with van der Waals surface area (Å²) < 4.78 is 2.06. The Labute approximate surface area is 93.4 Å². The lowest BCUT2D eigenvalue weighted by molar-refractivity contribution is -0.689. The smallest absolute Gasteiger partial charge is 0.169 e. The number of nitrogens with zero attached hydrogens (tertiary/aromatic N) is 3. The summed E-state index contributed by atoms with van der Waals surface area (Å²) in [7, 11) is 0. The molecule has 0 atom stereocenters. The van der Waals surface area contributed by atoms with E-state index >= 15 is 0 Å². The molecule has 0 aliphatic rings. The van der Waals surface area contributed by atoms with Crippen LogP contribution in [-0.2, 0) is 6.54 Å². The molecule has 78 valence electrons. The maximum absolute atomic E-state index is 4.48. The second kappa shape index (κ2) is 3.77. The fourth-order valence-corrected chi connectivity index (χ4v) is 1.73. The summed E-state index contributed by atoms with van der Waals surface area (Å²) in [5.41, 5.74) is 1.93. The Hall–Kier alpha value is -2.16. The molecular formula is C13H11N3. The van der Waals surface area contributed by atoms with Crippen molar-refractivity contribution in [3.8, 4) is 0 Å².